The summed E-state index contributed by atoms with van der Waals surface area (Å²) in [7, 11) is 0. The van der Waals surface area contributed by atoms with Crippen LogP contribution in [0.2, 0.25) is 0 Å². The van der Waals surface area contributed by atoms with Gasteiger partial charge in [-0.05, 0) is 72.1 Å². The molecule has 0 bridgehead atoms. The minimum Gasteiger partial charge on any atom is -0.228 e. The maximum atomic E-state index is 5.33. The van der Waals surface area contributed by atoms with Crippen LogP contribution in [0.4, 0.5) is 0 Å². The van der Waals surface area contributed by atoms with E-state index in [1.165, 1.54) is 66.1 Å². The standard InChI is InChI=1S/C51H36N2/c1-51(2)46-25-11-10-21-41(46)45-24-13-23-44(49(45)51)40-30-31-43(39-20-9-8-19-38(39)40)48-32-47(42-22-12-17-35-16-6-7-18-37(35)42)52-50(53-48)36-28-26-34(27-29-36)33-14-4-3-5-15-33/h3-32H,1-2H3. The van der Waals surface area contributed by atoms with Crippen LogP contribution in [-0.4, -0.2) is 9.97 Å². The van der Waals surface area contributed by atoms with E-state index < -0.39 is 0 Å². The quantitative estimate of drug-likeness (QED) is 0.181. The number of hydrogen-bond acceptors (Lipinski definition) is 2. The molecular formula is C51H36N2. The lowest BCUT2D eigenvalue weighted by Gasteiger charge is -2.25. The van der Waals surface area contributed by atoms with Crippen molar-refractivity contribution in [2.45, 2.75) is 19.3 Å². The molecule has 0 amide bonds. The van der Waals surface area contributed by atoms with E-state index in [-0.39, 0.29) is 5.41 Å². The van der Waals surface area contributed by atoms with Crippen LogP contribution in [0.5, 0.6) is 0 Å². The summed E-state index contributed by atoms with van der Waals surface area (Å²) in [6.45, 7) is 4.72. The zero-order valence-electron chi connectivity index (χ0n) is 29.7. The molecule has 0 saturated heterocycles. The van der Waals surface area contributed by atoms with E-state index in [9.17, 15) is 0 Å². The van der Waals surface area contributed by atoms with Gasteiger partial charge in [-0.2, -0.15) is 0 Å². The van der Waals surface area contributed by atoms with Crippen molar-refractivity contribution in [1.29, 1.82) is 0 Å². The first-order valence-corrected chi connectivity index (χ1v) is 18.3. The van der Waals surface area contributed by atoms with Crippen LogP contribution >= 0.6 is 0 Å². The third-order valence-corrected chi connectivity index (χ3v) is 11.1. The van der Waals surface area contributed by atoms with Crippen molar-refractivity contribution in [2.24, 2.45) is 0 Å². The summed E-state index contributed by atoms with van der Waals surface area (Å²) in [5, 5.41) is 4.74. The minimum atomic E-state index is -0.118. The van der Waals surface area contributed by atoms with E-state index in [4.69, 9.17) is 9.97 Å². The van der Waals surface area contributed by atoms with Crippen molar-refractivity contribution < 1.29 is 0 Å². The third kappa shape index (κ3) is 5.10. The Labute approximate surface area is 310 Å². The Morgan fingerprint density at radius 1 is 0.358 bits per heavy atom. The molecule has 1 aromatic heterocycles. The van der Waals surface area contributed by atoms with Crippen LogP contribution in [0.1, 0.15) is 25.0 Å². The molecule has 2 heteroatoms. The van der Waals surface area contributed by atoms with E-state index in [0.29, 0.717) is 5.82 Å². The molecule has 0 radical (unpaired) electrons. The monoisotopic (exact) mass is 676 g/mol. The lowest BCUT2D eigenvalue weighted by atomic mass is 9.78. The van der Waals surface area contributed by atoms with Gasteiger partial charge in [0.25, 0.3) is 0 Å². The molecule has 250 valence electrons. The van der Waals surface area contributed by atoms with E-state index in [1.54, 1.807) is 0 Å². The topological polar surface area (TPSA) is 25.8 Å². The van der Waals surface area contributed by atoms with Gasteiger partial charge < -0.3 is 0 Å². The Kier molecular flexibility index (Phi) is 7.19. The summed E-state index contributed by atoms with van der Waals surface area (Å²) in [6, 6.07) is 65.3. The summed E-state index contributed by atoms with van der Waals surface area (Å²) < 4.78 is 0. The molecule has 2 nitrogen and oxygen atoms in total. The molecule has 0 fully saturated rings. The fourth-order valence-corrected chi connectivity index (χ4v) is 8.57. The van der Waals surface area contributed by atoms with Crippen molar-refractivity contribution in [2.75, 3.05) is 0 Å². The van der Waals surface area contributed by atoms with Crippen LogP contribution in [0.3, 0.4) is 0 Å². The Hall–Kier alpha value is -6.64. The van der Waals surface area contributed by atoms with Gasteiger partial charge in [0.2, 0.25) is 0 Å². The lowest BCUT2D eigenvalue weighted by Crippen LogP contribution is -2.16. The van der Waals surface area contributed by atoms with Crippen molar-refractivity contribution in [3.8, 4) is 67.3 Å². The van der Waals surface area contributed by atoms with Crippen molar-refractivity contribution >= 4 is 21.5 Å². The fourth-order valence-electron chi connectivity index (χ4n) is 8.57. The highest BCUT2D eigenvalue weighted by Gasteiger charge is 2.37. The van der Waals surface area contributed by atoms with E-state index in [0.717, 1.165) is 28.1 Å². The highest BCUT2D eigenvalue weighted by Crippen LogP contribution is 2.53. The van der Waals surface area contributed by atoms with E-state index in [1.807, 2.05) is 0 Å². The maximum absolute atomic E-state index is 5.33. The molecule has 0 atom stereocenters. The van der Waals surface area contributed by atoms with Crippen molar-refractivity contribution in [3.05, 3.63) is 193 Å². The Morgan fingerprint density at radius 2 is 0.849 bits per heavy atom. The van der Waals surface area contributed by atoms with Gasteiger partial charge in [-0.15, -0.1) is 0 Å². The van der Waals surface area contributed by atoms with Crippen LogP contribution in [-0.2, 0) is 5.41 Å². The number of rotatable bonds is 5. The van der Waals surface area contributed by atoms with Gasteiger partial charge in [-0.25, -0.2) is 9.97 Å². The van der Waals surface area contributed by atoms with Crippen LogP contribution in [0, 0.1) is 0 Å². The predicted octanol–water partition coefficient (Wildman–Crippen LogP) is 13.4. The number of nitrogens with zero attached hydrogens (tertiary/aromatic N) is 2. The molecule has 1 aliphatic carbocycles. The molecule has 1 aliphatic rings. The summed E-state index contributed by atoms with van der Waals surface area (Å²) in [5.74, 6) is 0.707. The fraction of sp³-hybridized carbons (Fsp3) is 0.0588. The molecule has 0 unspecified atom stereocenters. The third-order valence-electron chi connectivity index (χ3n) is 11.1. The first kappa shape index (κ1) is 31.1. The van der Waals surface area contributed by atoms with Crippen molar-refractivity contribution in [3.63, 3.8) is 0 Å². The van der Waals surface area contributed by atoms with Gasteiger partial charge in [0.1, 0.15) is 0 Å². The van der Waals surface area contributed by atoms with E-state index >= 15 is 0 Å². The highest BCUT2D eigenvalue weighted by atomic mass is 14.9. The zero-order valence-corrected chi connectivity index (χ0v) is 29.7. The summed E-state index contributed by atoms with van der Waals surface area (Å²) in [5.41, 5.74) is 15.2. The van der Waals surface area contributed by atoms with Gasteiger partial charge in [0.15, 0.2) is 5.82 Å². The molecule has 1 heterocycles. The van der Waals surface area contributed by atoms with E-state index in [2.05, 4.69) is 196 Å². The zero-order chi connectivity index (χ0) is 35.5. The molecule has 10 rings (SSSR count). The van der Waals surface area contributed by atoms with Crippen LogP contribution in [0.15, 0.2) is 182 Å². The van der Waals surface area contributed by atoms with Crippen LogP contribution in [0.25, 0.3) is 88.8 Å². The average Bonchev–Trinajstić information content (AvgIpc) is 3.46. The largest absolute Gasteiger partial charge is 0.228 e. The first-order valence-electron chi connectivity index (χ1n) is 18.3. The SMILES string of the molecule is CC1(C)c2ccccc2-c2cccc(-c3ccc(-c4cc(-c5cccc6ccccc56)nc(-c5ccc(-c6ccccc6)cc5)n4)c4ccccc34)c21. The normalized spacial score (nSPS) is 12.9. The molecule has 0 spiro atoms. The van der Waals surface area contributed by atoms with Gasteiger partial charge in [0.05, 0.1) is 11.4 Å². The smallest absolute Gasteiger partial charge is 0.160 e. The highest BCUT2D eigenvalue weighted by molar-refractivity contribution is 6.07. The average molecular weight is 677 g/mol. The van der Waals surface area contributed by atoms with Crippen LogP contribution < -0.4 is 0 Å². The second-order valence-corrected chi connectivity index (χ2v) is 14.5. The molecule has 0 aliphatic heterocycles. The number of benzene rings is 8. The predicted molar refractivity (Wildman–Crippen MR) is 222 cm³/mol. The van der Waals surface area contributed by atoms with Crippen molar-refractivity contribution in [1.82, 2.24) is 9.97 Å². The lowest BCUT2D eigenvalue weighted by molar-refractivity contribution is 0.662. The summed E-state index contributed by atoms with van der Waals surface area (Å²) in [4.78, 5) is 10.6. The second kappa shape index (κ2) is 12.3. The van der Waals surface area contributed by atoms with Gasteiger partial charge >= 0.3 is 0 Å². The molecule has 8 aromatic carbocycles. The number of aromatic nitrogens is 2. The Morgan fingerprint density at radius 3 is 1.62 bits per heavy atom. The summed E-state index contributed by atoms with van der Waals surface area (Å²) >= 11 is 0. The first-order chi connectivity index (χ1) is 26.0. The molecule has 0 saturated carbocycles. The van der Waals surface area contributed by atoms with Gasteiger partial charge in [0, 0.05) is 22.1 Å². The second-order valence-electron chi connectivity index (χ2n) is 14.5. The number of fused-ring (bicyclic) bond motifs is 5. The molecular weight excluding hydrogens is 641 g/mol. The Bertz CT molecular complexity index is 2840. The maximum Gasteiger partial charge on any atom is 0.160 e. The number of hydrogen-bond donors (Lipinski definition) is 0. The molecule has 53 heavy (non-hydrogen) atoms. The van der Waals surface area contributed by atoms with Gasteiger partial charge in [-0.3, -0.25) is 0 Å². The summed E-state index contributed by atoms with van der Waals surface area (Å²) in [6.07, 6.45) is 0. The molecule has 0 N–H and O–H groups in total. The molecule has 9 aromatic rings. The van der Waals surface area contributed by atoms with Gasteiger partial charge in [-0.1, -0.05) is 190 Å². The minimum absolute atomic E-state index is 0.118. The Balaban J connectivity index is 1.17.